The first-order valence-corrected chi connectivity index (χ1v) is 11.5. The highest BCUT2D eigenvalue weighted by atomic mass is 32.2. The van der Waals surface area contributed by atoms with Gasteiger partial charge in [-0.1, -0.05) is 0 Å². The molecule has 0 atom stereocenters. The topological polar surface area (TPSA) is 123 Å². The first-order chi connectivity index (χ1) is 16.8. The minimum absolute atomic E-state index is 0.240. The van der Waals surface area contributed by atoms with Crippen LogP contribution in [0.25, 0.3) is 0 Å². The van der Waals surface area contributed by atoms with Crippen LogP contribution in [0, 0.1) is 11.6 Å². The van der Waals surface area contributed by atoms with Crippen LogP contribution >= 0.6 is 11.8 Å². The van der Waals surface area contributed by atoms with Crippen molar-refractivity contribution in [2.24, 2.45) is 16.5 Å². The molecule has 11 heteroatoms. The van der Waals surface area contributed by atoms with Gasteiger partial charge in [-0.2, -0.15) is 0 Å². The SMILES string of the molecule is C/C(N)=C/C(N)=Nc1cc(N2CCC2)nc(Sc2ccc(NC(=O)c3cc(F)ccc3F)cc2)n1. The molecule has 0 unspecified atom stereocenters. The summed E-state index contributed by atoms with van der Waals surface area (Å²) in [6.45, 7) is 3.53. The Morgan fingerprint density at radius 1 is 1.11 bits per heavy atom. The second-order valence-corrected chi connectivity index (χ2v) is 8.88. The molecule has 3 aromatic rings. The molecule has 4 rings (SSSR count). The molecule has 1 saturated heterocycles. The quantitative estimate of drug-likeness (QED) is 0.255. The highest BCUT2D eigenvalue weighted by molar-refractivity contribution is 7.99. The van der Waals surface area contributed by atoms with E-state index >= 15 is 0 Å². The first-order valence-electron chi connectivity index (χ1n) is 10.7. The second-order valence-electron chi connectivity index (χ2n) is 7.84. The van der Waals surface area contributed by atoms with Crippen molar-refractivity contribution in [3.05, 3.63) is 77.5 Å². The van der Waals surface area contributed by atoms with E-state index in [9.17, 15) is 13.6 Å². The van der Waals surface area contributed by atoms with Crippen molar-refractivity contribution in [3.63, 3.8) is 0 Å². The van der Waals surface area contributed by atoms with Crippen molar-refractivity contribution >= 4 is 40.8 Å². The first kappa shape index (κ1) is 24.1. The molecule has 2 heterocycles. The molecule has 1 amide bonds. The number of carbonyl (C=O) groups excluding carboxylic acids is 1. The van der Waals surface area contributed by atoms with Gasteiger partial charge in [-0.25, -0.2) is 23.7 Å². The van der Waals surface area contributed by atoms with Crippen LogP contribution in [0.15, 0.2) is 75.3 Å². The van der Waals surface area contributed by atoms with Gasteiger partial charge in [-0.3, -0.25) is 4.79 Å². The molecule has 8 nitrogen and oxygen atoms in total. The third-order valence-corrected chi connectivity index (χ3v) is 5.85. The zero-order valence-corrected chi connectivity index (χ0v) is 19.6. The monoisotopic (exact) mass is 495 g/mol. The van der Waals surface area contributed by atoms with Gasteiger partial charge in [0.1, 0.15) is 23.3 Å². The van der Waals surface area contributed by atoms with Gasteiger partial charge in [0.05, 0.1) is 5.56 Å². The minimum atomic E-state index is -0.800. The number of aromatic nitrogens is 2. The Morgan fingerprint density at radius 2 is 1.86 bits per heavy atom. The number of amides is 1. The van der Waals surface area contributed by atoms with E-state index in [0.29, 0.717) is 22.4 Å². The summed E-state index contributed by atoms with van der Waals surface area (Å²) in [7, 11) is 0. The average Bonchev–Trinajstić information content (AvgIpc) is 2.75. The lowest BCUT2D eigenvalue weighted by molar-refractivity contribution is 0.102. The van der Waals surface area contributed by atoms with E-state index in [-0.39, 0.29) is 11.4 Å². The Morgan fingerprint density at radius 3 is 2.51 bits per heavy atom. The predicted octanol–water partition coefficient (Wildman–Crippen LogP) is 4.22. The molecule has 180 valence electrons. The number of halogens is 2. The molecule has 35 heavy (non-hydrogen) atoms. The Labute approximate surface area is 205 Å². The number of aliphatic imine (C=N–C) groups is 1. The standard InChI is InChI=1S/C24H23F2N7OS/c1-14(27)11-20(28)30-21-13-22(33-9-2-10-33)32-24(31-21)35-17-6-4-16(5-7-17)29-23(34)18-12-15(25)3-8-19(18)26/h3-8,11-13H,2,9-10,27H2,1H3,(H,29,34)(H2,28,30,31,32)/b14-11-. The maximum Gasteiger partial charge on any atom is 0.258 e. The zero-order valence-electron chi connectivity index (χ0n) is 18.8. The number of rotatable bonds is 7. The number of nitrogens with two attached hydrogens (primary N) is 2. The fraction of sp³-hybridized carbons (Fsp3) is 0.167. The highest BCUT2D eigenvalue weighted by Gasteiger charge is 2.18. The Hall–Kier alpha value is -3.99. The summed E-state index contributed by atoms with van der Waals surface area (Å²) in [5.41, 5.74) is 12.2. The largest absolute Gasteiger partial charge is 0.402 e. The summed E-state index contributed by atoms with van der Waals surface area (Å²) in [4.78, 5) is 28.7. The van der Waals surface area contributed by atoms with E-state index in [1.54, 1.807) is 43.3 Å². The number of hydrogen-bond acceptors (Lipinski definition) is 7. The van der Waals surface area contributed by atoms with Crippen LogP contribution in [0.4, 0.5) is 26.1 Å². The highest BCUT2D eigenvalue weighted by Crippen LogP contribution is 2.31. The number of anilines is 2. The van der Waals surface area contributed by atoms with E-state index < -0.39 is 17.5 Å². The summed E-state index contributed by atoms with van der Waals surface area (Å²) < 4.78 is 27.2. The molecule has 1 aliphatic rings. The lowest BCUT2D eigenvalue weighted by Crippen LogP contribution is -2.37. The zero-order chi connectivity index (χ0) is 24.9. The molecule has 5 N–H and O–H groups in total. The van der Waals surface area contributed by atoms with E-state index in [1.165, 1.54) is 11.8 Å². The van der Waals surface area contributed by atoms with Crippen molar-refractivity contribution < 1.29 is 13.6 Å². The number of nitrogens with one attached hydrogen (secondary N) is 1. The average molecular weight is 496 g/mol. The summed E-state index contributed by atoms with van der Waals surface area (Å²) in [5, 5.41) is 3.04. The summed E-state index contributed by atoms with van der Waals surface area (Å²) in [5.74, 6) is -0.816. The van der Waals surface area contributed by atoms with Gasteiger partial charge in [-0.15, -0.1) is 0 Å². The smallest absolute Gasteiger partial charge is 0.258 e. The number of carbonyl (C=O) groups is 1. The molecule has 0 saturated carbocycles. The maximum atomic E-state index is 13.8. The molecule has 0 spiro atoms. The van der Waals surface area contributed by atoms with Gasteiger partial charge in [0.25, 0.3) is 5.91 Å². The van der Waals surface area contributed by atoms with Crippen LogP contribution in [0.3, 0.4) is 0 Å². The molecule has 0 radical (unpaired) electrons. The van der Waals surface area contributed by atoms with Gasteiger partial charge >= 0.3 is 0 Å². The molecule has 2 aromatic carbocycles. The molecule has 1 aromatic heterocycles. The Bertz CT molecular complexity index is 1300. The molecule has 1 aliphatic heterocycles. The molecular weight excluding hydrogens is 472 g/mol. The second kappa shape index (κ2) is 10.5. The molecule has 1 fully saturated rings. The molecule has 0 bridgehead atoms. The van der Waals surface area contributed by atoms with Crippen molar-refractivity contribution in [3.8, 4) is 0 Å². The maximum absolute atomic E-state index is 13.8. The fourth-order valence-corrected chi connectivity index (χ4v) is 3.95. The molecular formula is C24H23F2N7OS. The van der Waals surface area contributed by atoms with E-state index in [2.05, 4.69) is 25.2 Å². The fourth-order valence-electron chi connectivity index (χ4n) is 3.19. The van der Waals surface area contributed by atoms with Crippen LogP contribution in [0.2, 0.25) is 0 Å². The van der Waals surface area contributed by atoms with Crippen LogP contribution in [-0.4, -0.2) is 34.8 Å². The van der Waals surface area contributed by atoms with Crippen LogP contribution in [-0.2, 0) is 0 Å². The summed E-state index contributed by atoms with van der Waals surface area (Å²) in [6, 6.07) is 11.3. The molecule has 0 aliphatic carbocycles. The normalized spacial score (nSPS) is 14.0. The van der Waals surface area contributed by atoms with Crippen molar-refractivity contribution in [2.45, 2.75) is 23.4 Å². The number of benzene rings is 2. The third kappa shape index (κ3) is 6.33. The lowest BCUT2D eigenvalue weighted by atomic mass is 10.2. The van der Waals surface area contributed by atoms with Gasteiger partial charge in [0.2, 0.25) is 0 Å². The predicted molar refractivity (Wildman–Crippen MR) is 133 cm³/mol. The van der Waals surface area contributed by atoms with E-state index in [0.717, 1.165) is 48.4 Å². The van der Waals surface area contributed by atoms with E-state index in [1.807, 2.05) is 0 Å². The minimum Gasteiger partial charge on any atom is -0.402 e. The van der Waals surface area contributed by atoms with Crippen molar-refractivity contribution in [1.29, 1.82) is 0 Å². The third-order valence-electron chi connectivity index (χ3n) is 4.97. The number of amidine groups is 1. The van der Waals surface area contributed by atoms with E-state index in [4.69, 9.17) is 11.5 Å². The van der Waals surface area contributed by atoms with Gasteiger partial charge in [0, 0.05) is 35.4 Å². The van der Waals surface area contributed by atoms with Crippen LogP contribution in [0.1, 0.15) is 23.7 Å². The van der Waals surface area contributed by atoms with Gasteiger partial charge in [0.15, 0.2) is 11.0 Å². The summed E-state index contributed by atoms with van der Waals surface area (Å²) >= 11 is 1.32. The van der Waals surface area contributed by atoms with Crippen LogP contribution in [0.5, 0.6) is 0 Å². The lowest BCUT2D eigenvalue weighted by Gasteiger charge is -2.32. The Balaban J connectivity index is 1.51. The summed E-state index contributed by atoms with van der Waals surface area (Å²) in [6.07, 6.45) is 2.65. The van der Waals surface area contributed by atoms with Gasteiger partial charge in [-0.05, 0) is 73.6 Å². The number of nitrogens with zero attached hydrogens (tertiary/aromatic N) is 4. The van der Waals surface area contributed by atoms with Crippen LogP contribution < -0.4 is 21.7 Å². The Kier molecular flexibility index (Phi) is 7.25. The number of allylic oxidation sites excluding steroid dienone is 1. The van der Waals surface area contributed by atoms with Gasteiger partial charge < -0.3 is 21.7 Å². The number of hydrogen-bond donors (Lipinski definition) is 3. The van der Waals surface area contributed by atoms with Crippen molar-refractivity contribution in [1.82, 2.24) is 9.97 Å². The van der Waals surface area contributed by atoms with Crippen molar-refractivity contribution in [2.75, 3.05) is 23.3 Å².